The Balaban J connectivity index is 1.95. The van der Waals surface area contributed by atoms with Gasteiger partial charge in [0, 0.05) is 18.4 Å². The van der Waals surface area contributed by atoms with Crippen molar-refractivity contribution in [2.24, 2.45) is 5.92 Å². The highest BCUT2D eigenvalue weighted by Crippen LogP contribution is 2.19. The number of methoxy groups -OCH3 is 1. The first kappa shape index (κ1) is 13.8. The number of anilines is 1. The fourth-order valence-corrected chi connectivity index (χ4v) is 3.91. The van der Waals surface area contributed by atoms with Gasteiger partial charge in [0.05, 0.1) is 18.6 Å². The van der Waals surface area contributed by atoms with Crippen LogP contribution in [0, 0.1) is 5.92 Å². The molecule has 104 valence electrons. The zero-order valence-electron chi connectivity index (χ0n) is 10.6. The minimum atomic E-state index is -2.85. The lowest BCUT2D eigenvalue weighted by molar-refractivity contribution is 0.0594. The maximum atomic E-state index is 11.3. The van der Waals surface area contributed by atoms with Gasteiger partial charge in [0.2, 0.25) is 0 Å². The molecule has 1 aromatic heterocycles. The molecule has 0 spiro atoms. The highest BCUT2D eigenvalue weighted by Gasteiger charge is 2.27. The predicted molar refractivity (Wildman–Crippen MR) is 70.8 cm³/mol. The van der Waals surface area contributed by atoms with Crippen LogP contribution in [-0.2, 0) is 14.6 Å². The van der Waals surface area contributed by atoms with Gasteiger partial charge in [0.15, 0.2) is 9.84 Å². The zero-order valence-corrected chi connectivity index (χ0v) is 11.4. The molecule has 0 radical (unpaired) electrons. The summed E-state index contributed by atoms with van der Waals surface area (Å²) in [6, 6.07) is 3.32. The predicted octanol–water partition coefficient (Wildman–Crippen LogP) is 0.715. The highest BCUT2D eigenvalue weighted by molar-refractivity contribution is 7.91. The van der Waals surface area contributed by atoms with Crippen molar-refractivity contribution in [2.75, 3.05) is 30.5 Å². The molecule has 1 aliphatic heterocycles. The van der Waals surface area contributed by atoms with E-state index in [0.29, 0.717) is 13.0 Å². The molecule has 7 heteroatoms. The average molecular weight is 284 g/mol. The quantitative estimate of drug-likeness (QED) is 0.820. The lowest BCUT2D eigenvalue weighted by Gasteiger charge is -2.11. The second-order valence-electron chi connectivity index (χ2n) is 4.57. The molecular weight excluding hydrogens is 268 g/mol. The Morgan fingerprint density at radius 1 is 1.58 bits per heavy atom. The first-order valence-corrected chi connectivity index (χ1v) is 7.81. The van der Waals surface area contributed by atoms with E-state index in [0.717, 1.165) is 5.69 Å². The van der Waals surface area contributed by atoms with Gasteiger partial charge in [-0.2, -0.15) is 0 Å². The van der Waals surface area contributed by atoms with Crippen LogP contribution in [0.15, 0.2) is 18.3 Å². The lowest BCUT2D eigenvalue weighted by Crippen LogP contribution is -2.16. The number of hydrogen-bond acceptors (Lipinski definition) is 6. The number of hydrogen-bond donors (Lipinski definition) is 1. The van der Waals surface area contributed by atoms with E-state index in [9.17, 15) is 13.2 Å². The van der Waals surface area contributed by atoms with Crippen molar-refractivity contribution in [1.82, 2.24) is 4.98 Å². The fraction of sp³-hybridized carbons (Fsp3) is 0.500. The van der Waals surface area contributed by atoms with Crippen LogP contribution >= 0.6 is 0 Å². The molecule has 6 nitrogen and oxygen atoms in total. The van der Waals surface area contributed by atoms with Crippen LogP contribution in [0.3, 0.4) is 0 Å². The van der Waals surface area contributed by atoms with Gasteiger partial charge in [0.1, 0.15) is 5.69 Å². The van der Waals surface area contributed by atoms with E-state index in [1.807, 2.05) is 0 Å². The van der Waals surface area contributed by atoms with Gasteiger partial charge in [-0.25, -0.2) is 18.2 Å². The van der Waals surface area contributed by atoms with Crippen LogP contribution in [0.2, 0.25) is 0 Å². The number of sulfone groups is 1. The molecule has 1 fully saturated rings. The Labute approximate surface area is 112 Å². The Morgan fingerprint density at radius 3 is 3.00 bits per heavy atom. The molecule has 0 saturated carbocycles. The number of nitrogens with one attached hydrogen (secondary N) is 1. The third-order valence-corrected chi connectivity index (χ3v) is 4.91. The van der Waals surface area contributed by atoms with Crippen molar-refractivity contribution in [3.05, 3.63) is 24.0 Å². The summed E-state index contributed by atoms with van der Waals surface area (Å²) in [7, 11) is -1.55. The summed E-state index contributed by atoms with van der Waals surface area (Å²) in [6.07, 6.45) is 2.20. The van der Waals surface area contributed by atoms with Crippen molar-refractivity contribution in [3.8, 4) is 0 Å². The van der Waals surface area contributed by atoms with Crippen LogP contribution in [0.1, 0.15) is 16.9 Å². The molecule has 1 saturated heterocycles. The first-order chi connectivity index (χ1) is 9.00. The van der Waals surface area contributed by atoms with Crippen molar-refractivity contribution in [2.45, 2.75) is 6.42 Å². The van der Waals surface area contributed by atoms with E-state index < -0.39 is 15.8 Å². The molecule has 1 N–H and O–H groups in total. The van der Waals surface area contributed by atoms with Crippen LogP contribution < -0.4 is 5.32 Å². The standard InChI is InChI=1S/C12H16N2O4S/c1-18-12(15)11-6-10(2-4-13-11)14-7-9-3-5-19(16,17)8-9/h2,4,6,9H,3,5,7-8H2,1H3,(H,13,14). The number of esters is 1. The molecule has 2 heterocycles. The van der Waals surface area contributed by atoms with Gasteiger partial charge >= 0.3 is 5.97 Å². The molecule has 1 unspecified atom stereocenters. The molecular formula is C12H16N2O4S. The number of aromatic nitrogens is 1. The summed E-state index contributed by atoms with van der Waals surface area (Å²) in [6.45, 7) is 0.573. The lowest BCUT2D eigenvalue weighted by atomic mass is 10.1. The SMILES string of the molecule is COC(=O)c1cc(NCC2CCS(=O)(=O)C2)ccn1. The van der Waals surface area contributed by atoms with E-state index in [-0.39, 0.29) is 23.1 Å². The zero-order chi connectivity index (χ0) is 13.9. The average Bonchev–Trinajstić information content (AvgIpc) is 2.75. The Hall–Kier alpha value is -1.63. The minimum Gasteiger partial charge on any atom is -0.464 e. The number of nitrogens with zero attached hydrogens (tertiary/aromatic N) is 1. The molecule has 19 heavy (non-hydrogen) atoms. The maximum Gasteiger partial charge on any atom is 0.356 e. The molecule has 0 aliphatic carbocycles. The van der Waals surface area contributed by atoms with Crippen LogP contribution in [-0.4, -0.2) is 44.5 Å². The topological polar surface area (TPSA) is 85.4 Å². The monoisotopic (exact) mass is 284 g/mol. The summed E-state index contributed by atoms with van der Waals surface area (Å²) in [5, 5.41) is 3.13. The molecule has 0 bridgehead atoms. The Kier molecular flexibility index (Phi) is 4.04. The third-order valence-electron chi connectivity index (χ3n) is 3.08. The van der Waals surface area contributed by atoms with E-state index in [1.54, 1.807) is 12.1 Å². The van der Waals surface area contributed by atoms with Gasteiger partial charge in [-0.3, -0.25) is 0 Å². The number of rotatable bonds is 4. The molecule has 0 amide bonds. The highest BCUT2D eigenvalue weighted by atomic mass is 32.2. The smallest absolute Gasteiger partial charge is 0.356 e. The molecule has 1 atom stereocenters. The van der Waals surface area contributed by atoms with Gasteiger partial charge < -0.3 is 10.1 Å². The van der Waals surface area contributed by atoms with Crippen LogP contribution in [0.25, 0.3) is 0 Å². The van der Waals surface area contributed by atoms with Crippen LogP contribution in [0.4, 0.5) is 5.69 Å². The van der Waals surface area contributed by atoms with Gasteiger partial charge in [0.25, 0.3) is 0 Å². The van der Waals surface area contributed by atoms with Crippen molar-refractivity contribution in [3.63, 3.8) is 0 Å². The summed E-state index contributed by atoms with van der Waals surface area (Å²) in [5.74, 6) is 0.129. The van der Waals surface area contributed by atoms with Crippen molar-refractivity contribution in [1.29, 1.82) is 0 Å². The molecule has 1 aromatic rings. The van der Waals surface area contributed by atoms with E-state index in [2.05, 4.69) is 15.0 Å². The number of ether oxygens (including phenoxy) is 1. The number of carbonyl (C=O) groups is 1. The Morgan fingerprint density at radius 2 is 2.37 bits per heavy atom. The fourth-order valence-electron chi connectivity index (χ4n) is 2.05. The van der Waals surface area contributed by atoms with Crippen LogP contribution in [0.5, 0.6) is 0 Å². The Bertz CT molecular complexity index is 571. The molecule has 2 rings (SSSR count). The number of pyridine rings is 1. The van der Waals surface area contributed by atoms with Crippen molar-refractivity contribution >= 4 is 21.5 Å². The normalized spacial score (nSPS) is 21.0. The van der Waals surface area contributed by atoms with Crippen molar-refractivity contribution < 1.29 is 17.9 Å². The largest absolute Gasteiger partial charge is 0.464 e. The van der Waals surface area contributed by atoms with Gasteiger partial charge in [-0.05, 0) is 24.5 Å². The van der Waals surface area contributed by atoms with Gasteiger partial charge in [-0.15, -0.1) is 0 Å². The summed E-state index contributed by atoms with van der Waals surface area (Å²) < 4.78 is 27.3. The second-order valence-corrected chi connectivity index (χ2v) is 6.80. The number of carbonyl (C=O) groups excluding carboxylic acids is 1. The summed E-state index contributed by atoms with van der Waals surface area (Å²) in [5.41, 5.74) is 0.964. The van der Waals surface area contributed by atoms with E-state index >= 15 is 0 Å². The van der Waals surface area contributed by atoms with E-state index in [1.165, 1.54) is 13.3 Å². The molecule has 0 aromatic carbocycles. The van der Waals surface area contributed by atoms with Gasteiger partial charge in [-0.1, -0.05) is 0 Å². The third kappa shape index (κ3) is 3.66. The minimum absolute atomic E-state index is 0.125. The second kappa shape index (κ2) is 5.56. The molecule has 1 aliphatic rings. The maximum absolute atomic E-state index is 11.3. The summed E-state index contributed by atoms with van der Waals surface area (Å²) >= 11 is 0. The summed E-state index contributed by atoms with van der Waals surface area (Å²) in [4.78, 5) is 15.2. The van der Waals surface area contributed by atoms with E-state index in [4.69, 9.17) is 0 Å². The first-order valence-electron chi connectivity index (χ1n) is 5.99.